The van der Waals surface area contributed by atoms with Crippen molar-refractivity contribution < 1.29 is 0 Å². The molecule has 4 atom stereocenters. The second-order valence-electron chi connectivity index (χ2n) is 7.25. The van der Waals surface area contributed by atoms with Crippen molar-refractivity contribution in [2.75, 3.05) is 13.1 Å². The Kier molecular flexibility index (Phi) is 4.37. The van der Waals surface area contributed by atoms with E-state index in [1.165, 1.54) is 37.8 Å². The van der Waals surface area contributed by atoms with E-state index < -0.39 is 0 Å². The van der Waals surface area contributed by atoms with Gasteiger partial charge in [0, 0.05) is 30.7 Å². The quantitative estimate of drug-likeness (QED) is 0.880. The molecule has 1 aromatic carbocycles. The van der Waals surface area contributed by atoms with Crippen LogP contribution in [0.1, 0.15) is 58.1 Å². The molecule has 21 heavy (non-hydrogen) atoms. The zero-order chi connectivity index (χ0) is 14.9. The lowest BCUT2D eigenvalue weighted by Crippen LogP contribution is -2.60. The predicted octanol–water partition coefficient (Wildman–Crippen LogP) is 3.99. The smallest absolute Gasteiger partial charge is 0.0476 e. The Balaban J connectivity index is 1.79. The summed E-state index contributed by atoms with van der Waals surface area (Å²) >= 11 is 0. The number of rotatable bonds is 5. The minimum atomic E-state index is 0.282. The van der Waals surface area contributed by atoms with E-state index in [0.717, 1.165) is 18.5 Å². The van der Waals surface area contributed by atoms with Crippen molar-refractivity contribution in [2.24, 2.45) is 5.92 Å². The third-order valence-corrected chi connectivity index (χ3v) is 5.59. The Bertz CT molecular complexity index is 458. The van der Waals surface area contributed by atoms with Gasteiger partial charge < -0.3 is 5.32 Å². The van der Waals surface area contributed by atoms with Crippen molar-refractivity contribution in [3.05, 3.63) is 35.9 Å². The van der Waals surface area contributed by atoms with Crippen LogP contribution in [0.2, 0.25) is 0 Å². The van der Waals surface area contributed by atoms with E-state index in [1.54, 1.807) is 0 Å². The predicted molar refractivity (Wildman–Crippen MR) is 89.4 cm³/mol. The normalized spacial score (nSPS) is 36.6. The molecule has 1 saturated heterocycles. The van der Waals surface area contributed by atoms with E-state index in [4.69, 9.17) is 0 Å². The molecule has 1 heterocycles. The number of piperazine rings is 1. The van der Waals surface area contributed by atoms with E-state index >= 15 is 0 Å². The average Bonchev–Trinajstić information content (AvgIpc) is 3.28. The minimum absolute atomic E-state index is 0.282. The maximum atomic E-state index is 3.81. The summed E-state index contributed by atoms with van der Waals surface area (Å²) in [5, 5.41) is 3.81. The van der Waals surface area contributed by atoms with Gasteiger partial charge in [-0.1, -0.05) is 50.6 Å². The van der Waals surface area contributed by atoms with Gasteiger partial charge in [-0.2, -0.15) is 0 Å². The van der Waals surface area contributed by atoms with Crippen LogP contribution in [-0.2, 0) is 0 Å². The van der Waals surface area contributed by atoms with Crippen LogP contribution in [-0.4, -0.2) is 29.6 Å². The van der Waals surface area contributed by atoms with Crippen molar-refractivity contribution in [1.29, 1.82) is 0 Å². The van der Waals surface area contributed by atoms with E-state index in [1.807, 2.05) is 0 Å². The molecule has 2 fully saturated rings. The fraction of sp³-hybridized carbons (Fsp3) is 0.684. The van der Waals surface area contributed by atoms with Gasteiger partial charge in [-0.25, -0.2) is 0 Å². The monoisotopic (exact) mass is 286 g/mol. The van der Waals surface area contributed by atoms with Crippen molar-refractivity contribution in [2.45, 2.75) is 64.1 Å². The molecule has 0 bridgehead atoms. The molecule has 1 aliphatic heterocycles. The standard InChI is InChI=1S/C19H30N2/c1-4-9-16-12-17(16)21-14-19(3,5-2)20-13-18(21)15-10-7-6-8-11-15/h6-8,10-11,16-18,20H,4-5,9,12-14H2,1-3H3. The van der Waals surface area contributed by atoms with Gasteiger partial charge in [0.15, 0.2) is 0 Å². The topological polar surface area (TPSA) is 15.3 Å². The highest BCUT2D eigenvalue weighted by molar-refractivity contribution is 5.22. The molecule has 1 aromatic rings. The SMILES string of the molecule is CCCC1CC1N1CC(C)(CC)NCC1c1ccccc1. The first-order chi connectivity index (χ1) is 10.2. The summed E-state index contributed by atoms with van der Waals surface area (Å²) in [6.07, 6.45) is 5.35. The first-order valence-corrected chi connectivity index (χ1v) is 8.72. The average molecular weight is 286 g/mol. The molecular weight excluding hydrogens is 256 g/mol. The Morgan fingerprint density at radius 1 is 1.24 bits per heavy atom. The van der Waals surface area contributed by atoms with Gasteiger partial charge in [0.1, 0.15) is 0 Å². The summed E-state index contributed by atoms with van der Waals surface area (Å²) in [7, 11) is 0. The van der Waals surface area contributed by atoms with Crippen LogP contribution in [0, 0.1) is 5.92 Å². The third-order valence-electron chi connectivity index (χ3n) is 5.59. The lowest BCUT2D eigenvalue weighted by atomic mass is 9.91. The summed E-state index contributed by atoms with van der Waals surface area (Å²) in [4.78, 5) is 2.82. The van der Waals surface area contributed by atoms with Crippen LogP contribution in [0.4, 0.5) is 0 Å². The fourth-order valence-corrected chi connectivity index (χ4v) is 3.92. The fourth-order valence-electron chi connectivity index (χ4n) is 3.92. The molecule has 2 nitrogen and oxygen atoms in total. The number of hydrogen-bond donors (Lipinski definition) is 1. The molecule has 0 aromatic heterocycles. The molecular formula is C19H30N2. The number of hydrogen-bond acceptors (Lipinski definition) is 2. The van der Waals surface area contributed by atoms with Gasteiger partial charge in [0.05, 0.1) is 0 Å². The molecule has 1 saturated carbocycles. The van der Waals surface area contributed by atoms with Gasteiger partial charge in [-0.3, -0.25) is 4.90 Å². The maximum absolute atomic E-state index is 3.81. The Morgan fingerprint density at radius 2 is 2.00 bits per heavy atom. The van der Waals surface area contributed by atoms with Crippen LogP contribution in [0.25, 0.3) is 0 Å². The molecule has 0 amide bonds. The van der Waals surface area contributed by atoms with Crippen LogP contribution in [0.15, 0.2) is 30.3 Å². The van der Waals surface area contributed by atoms with E-state index in [9.17, 15) is 0 Å². The zero-order valence-electron chi connectivity index (χ0n) is 13.8. The highest BCUT2D eigenvalue weighted by atomic mass is 15.3. The lowest BCUT2D eigenvalue weighted by Gasteiger charge is -2.46. The van der Waals surface area contributed by atoms with Crippen molar-refractivity contribution in [3.8, 4) is 0 Å². The second kappa shape index (κ2) is 6.10. The minimum Gasteiger partial charge on any atom is -0.308 e. The van der Waals surface area contributed by atoms with Crippen molar-refractivity contribution in [3.63, 3.8) is 0 Å². The Morgan fingerprint density at radius 3 is 2.67 bits per heavy atom. The molecule has 3 rings (SSSR count). The van der Waals surface area contributed by atoms with Gasteiger partial charge in [-0.15, -0.1) is 0 Å². The second-order valence-corrected chi connectivity index (χ2v) is 7.25. The Labute approximate surface area is 129 Å². The Hall–Kier alpha value is -0.860. The van der Waals surface area contributed by atoms with Crippen molar-refractivity contribution in [1.82, 2.24) is 10.2 Å². The van der Waals surface area contributed by atoms with Crippen LogP contribution < -0.4 is 5.32 Å². The largest absolute Gasteiger partial charge is 0.308 e. The summed E-state index contributed by atoms with van der Waals surface area (Å²) in [6.45, 7) is 9.29. The third kappa shape index (κ3) is 3.17. The van der Waals surface area contributed by atoms with Crippen molar-refractivity contribution >= 4 is 0 Å². The molecule has 116 valence electrons. The molecule has 4 unspecified atom stereocenters. The van der Waals surface area contributed by atoms with Gasteiger partial charge >= 0.3 is 0 Å². The number of benzene rings is 1. The maximum Gasteiger partial charge on any atom is 0.0476 e. The zero-order valence-corrected chi connectivity index (χ0v) is 13.8. The molecule has 1 N–H and O–H groups in total. The van der Waals surface area contributed by atoms with E-state index in [2.05, 4.69) is 61.3 Å². The lowest BCUT2D eigenvalue weighted by molar-refractivity contribution is 0.0716. The summed E-state index contributed by atoms with van der Waals surface area (Å²) in [5.74, 6) is 0.945. The molecule has 2 heteroatoms. The molecule has 2 aliphatic rings. The molecule has 0 spiro atoms. The van der Waals surface area contributed by atoms with Gasteiger partial charge in [0.25, 0.3) is 0 Å². The number of nitrogens with one attached hydrogen (secondary N) is 1. The van der Waals surface area contributed by atoms with Crippen LogP contribution in [0.5, 0.6) is 0 Å². The molecule has 0 radical (unpaired) electrons. The number of nitrogens with zero attached hydrogens (tertiary/aromatic N) is 1. The van der Waals surface area contributed by atoms with Gasteiger partial charge in [-0.05, 0) is 37.7 Å². The first-order valence-electron chi connectivity index (χ1n) is 8.72. The van der Waals surface area contributed by atoms with Crippen LogP contribution >= 0.6 is 0 Å². The summed E-state index contributed by atoms with van der Waals surface area (Å²) in [6, 6.07) is 12.4. The first kappa shape index (κ1) is 15.1. The highest BCUT2D eigenvalue weighted by Gasteiger charge is 2.47. The summed E-state index contributed by atoms with van der Waals surface area (Å²) < 4.78 is 0. The van der Waals surface area contributed by atoms with E-state index in [-0.39, 0.29) is 5.54 Å². The highest BCUT2D eigenvalue weighted by Crippen LogP contribution is 2.45. The van der Waals surface area contributed by atoms with Crippen LogP contribution in [0.3, 0.4) is 0 Å². The molecule has 1 aliphatic carbocycles. The summed E-state index contributed by atoms with van der Waals surface area (Å²) in [5.41, 5.74) is 1.76. The van der Waals surface area contributed by atoms with E-state index in [0.29, 0.717) is 6.04 Å². The van der Waals surface area contributed by atoms with Gasteiger partial charge in [0.2, 0.25) is 0 Å².